The summed E-state index contributed by atoms with van der Waals surface area (Å²) in [6, 6.07) is 14.6. The lowest BCUT2D eigenvalue weighted by Crippen LogP contribution is -2.40. The van der Waals surface area contributed by atoms with Crippen LogP contribution in [0.25, 0.3) is 21.8 Å². The van der Waals surface area contributed by atoms with Crippen LogP contribution >= 0.6 is 0 Å². The molecular weight excluding hydrogens is 414 g/mol. The lowest BCUT2D eigenvalue weighted by molar-refractivity contribution is 0.0964. The molecule has 0 fully saturated rings. The Labute approximate surface area is 192 Å². The molecule has 3 aromatic rings. The van der Waals surface area contributed by atoms with Crippen molar-refractivity contribution in [3.8, 4) is 0 Å². The van der Waals surface area contributed by atoms with E-state index in [1.54, 1.807) is 16.7 Å². The van der Waals surface area contributed by atoms with Crippen molar-refractivity contribution in [2.75, 3.05) is 6.61 Å². The molecule has 2 aromatic carbocycles. The Balaban J connectivity index is 1.75. The smallest absolute Gasteiger partial charge is 0.258 e. The van der Waals surface area contributed by atoms with Crippen molar-refractivity contribution in [1.82, 2.24) is 4.57 Å². The molecule has 170 valence electrons. The summed E-state index contributed by atoms with van der Waals surface area (Å²) in [6.45, 7) is 13.9. The normalized spacial score (nSPS) is 13.1. The highest BCUT2D eigenvalue weighted by atomic mass is 28.4. The molecule has 0 saturated carbocycles. The van der Waals surface area contributed by atoms with Gasteiger partial charge in [-0.1, -0.05) is 51.1 Å². The van der Waals surface area contributed by atoms with Gasteiger partial charge in [-0.15, -0.1) is 0 Å². The number of benzene rings is 2. The SMILES string of the molecule is C/C(=C\CCCCO[Si](C)(C)C(C)(C)C)C(=O)n1c2ccccc2c(=O)c2ccccc21. The van der Waals surface area contributed by atoms with Crippen LogP contribution in [0.5, 0.6) is 0 Å². The molecule has 5 heteroatoms. The minimum absolute atomic E-state index is 0.0383. The minimum Gasteiger partial charge on any atom is -0.417 e. The molecule has 0 atom stereocenters. The van der Waals surface area contributed by atoms with E-state index in [4.69, 9.17) is 4.43 Å². The number of unbranched alkanes of at least 4 members (excludes halogenated alkanes) is 2. The Morgan fingerprint density at radius 3 is 2.03 bits per heavy atom. The van der Waals surface area contributed by atoms with E-state index in [9.17, 15) is 9.59 Å². The molecule has 0 unspecified atom stereocenters. The third kappa shape index (κ3) is 4.94. The molecule has 0 bridgehead atoms. The average molecular weight is 450 g/mol. The third-order valence-corrected chi connectivity index (χ3v) is 11.2. The standard InChI is InChI=1S/C27H35NO3Si/c1-20(14-8-7-13-19-31-32(5,6)27(2,3)4)26(30)28-23-17-11-9-15-21(23)25(29)22-16-10-12-18-24(22)28/h9-12,14-18H,7-8,13,19H2,1-6H3/b20-14+. The van der Waals surface area contributed by atoms with Crippen molar-refractivity contribution in [3.05, 3.63) is 70.4 Å². The second-order valence-electron chi connectivity index (χ2n) is 10.00. The van der Waals surface area contributed by atoms with Gasteiger partial charge in [-0.25, -0.2) is 0 Å². The molecule has 0 spiro atoms. The van der Waals surface area contributed by atoms with E-state index < -0.39 is 8.32 Å². The number of pyridine rings is 1. The van der Waals surface area contributed by atoms with Crippen LogP contribution in [0.2, 0.25) is 18.1 Å². The number of carbonyl (C=O) groups excluding carboxylic acids is 1. The van der Waals surface area contributed by atoms with E-state index in [2.05, 4.69) is 33.9 Å². The van der Waals surface area contributed by atoms with Crippen molar-refractivity contribution in [2.24, 2.45) is 0 Å². The fourth-order valence-corrected chi connectivity index (χ4v) is 4.68. The Morgan fingerprint density at radius 1 is 0.969 bits per heavy atom. The molecule has 0 N–H and O–H groups in total. The maximum absolute atomic E-state index is 13.4. The van der Waals surface area contributed by atoms with Gasteiger partial charge in [-0.3, -0.25) is 14.2 Å². The quantitative estimate of drug-likeness (QED) is 0.170. The van der Waals surface area contributed by atoms with Crippen LogP contribution in [-0.2, 0) is 4.43 Å². The fraction of sp³-hybridized carbons (Fsp3) is 0.407. The minimum atomic E-state index is -1.70. The van der Waals surface area contributed by atoms with E-state index in [1.807, 2.05) is 49.4 Å². The topological polar surface area (TPSA) is 48.3 Å². The van der Waals surface area contributed by atoms with Crippen LogP contribution < -0.4 is 5.43 Å². The van der Waals surface area contributed by atoms with Crippen LogP contribution in [0.4, 0.5) is 0 Å². The van der Waals surface area contributed by atoms with Gasteiger partial charge in [-0.2, -0.15) is 0 Å². The van der Waals surface area contributed by atoms with E-state index in [1.165, 1.54) is 0 Å². The van der Waals surface area contributed by atoms with Gasteiger partial charge in [0.05, 0.1) is 11.0 Å². The van der Waals surface area contributed by atoms with Gasteiger partial charge >= 0.3 is 0 Å². The van der Waals surface area contributed by atoms with Gasteiger partial charge in [0.25, 0.3) is 5.91 Å². The van der Waals surface area contributed by atoms with Gasteiger partial charge in [0.1, 0.15) is 0 Å². The van der Waals surface area contributed by atoms with E-state index in [-0.39, 0.29) is 16.4 Å². The van der Waals surface area contributed by atoms with Gasteiger partial charge in [0, 0.05) is 23.0 Å². The first-order valence-corrected chi connectivity index (χ1v) is 14.3. The van der Waals surface area contributed by atoms with Crippen LogP contribution in [0, 0.1) is 0 Å². The van der Waals surface area contributed by atoms with Crippen LogP contribution in [-0.4, -0.2) is 25.4 Å². The monoisotopic (exact) mass is 449 g/mol. The number of aromatic nitrogens is 1. The van der Waals surface area contributed by atoms with Gasteiger partial charge in [-0.05, 0) is 68.6 Å². The summed E-state index contributed by atoms with van der Waals surface area (Å²) in [7, 11) is -1.70. The lowest BCUT2D eigenvalue weighted by Gasteiger charge is -2.36. The Kier molecular flexibility index (Phi) is 7.21. The number of nitrogens with zero attached hydrogens (tertiary/aromatic N) is 1. The number of allylic oxidation sites excluding steroid dienone is 2. The Hall–Kier alpha value is -2.50. The summed E-state index contributed by atoms with van der Waals surface area (Å²) in [5, 5.41) is 1.35. The van der Waals surface area contributed by atoms with Crippen molar-refractivity contribution in [1.29, 1.82) is 0 Å². The zero-order chi connectivity index (χ0) is 23.5. The molecule has 0 radical (unpaired) electrons. The number of carbonyl (C=O) groups is 1. The Bertz CT molecular complexity index is 1160. The predicted molar refractivity (Wildman–Crippen MR) is 137 cm³/mol. The van der Waals surface area contributed by atoms with Crippen LogP contribution in [0.3, 0.4) is 0 Å². The first-order valence-electron chi connectivity index (χ1n) is 11.4. The summed E-state index contributed by atoms with van der Waals surface area (Å²) >= 11 is 0. The molecule has 3 rings (SSSR count). The van der Waals surface area contributed by atoms with E-state index in [0.29, 0.717) is 27.4 Å². The van der Waals surface area contributed by atoms with Crippen molar-refractivity contribution < 1.29 is 9.22 Å². The first kappa shape index (κ1) is 24.1. The van der Waals surface area contributed by atoms with Gasteiger partial charge < -0.3 is 4.43 Å². The summed E-state index contributed by atoms with van der Waals surface area (Å²) in [5.41, 5.74) is 1.95. The second kappa shape index (κ2) is 9.55. The van der Waals surface area contributed by atoms with Crippen LogP contribution in [0.15, 0.2) is 65.0 Å². The molecule has 0 saturated heterocycles. The largest absolute Gasteiger partial charge is 0.417 e. The Morgan fingerprint density at radius 2 is 1.50 bits per heavy atom. The molecule has 32 heavy (non-hydrogen) atoms. The van der Waals surface area contributed by atoms with Crippen molar-refractivity contribution in [3.63, 3.8) is 0 Å². The number of hydrogen-bond donors (Lipinski definition) is 0. The maximum Gasteiger partial charge on any atom is 0.258 e. The summed E-state index contributed by atoms with van der Waals surface area (Å²) in [5.74, 6) is -0.0880. The number of hydrogen-bond acceptors (Lipinski definition) is 3. The van der Waals surface area contributed by atoms with Crippen molar-refractivity contribution >= 4 is 36.0 Å². The number of fused-ring (bicyclic) bond motifs is 2. The molecule has 1 heterocycles. The second-order valence-corrected chi connectivity index (χ2v) is 14.8. The molecular formula is C27H35NO3Si. The summed E-state index contributed by atoms with van der Waals surface area (Å²) in [6.07, 6.45) is 4.80. The summed E-state index contributed by atoms with van der Waals surface area (Å²) < 4.78 is 7.92. The maximum atomic E-state index is 13.4. The predicted octanol–water partition coefficient (Wildman–Crippen LogP) is 6.93. The lowest BCUT2D eigenvalue weighted by atomic mass is 10.1. The molecule has 0 aliphatic carbocycles. The average Bonchev–Trinajstić information content (AvgIpc) is 2.75. The number of rotatable bonds is 7. The zero-order valence-electron chi connectivity index (χ0n) is 20.2. The zero-order valence-corrected chi connectivity index (χ0v) is 21.2. The highest BCUT2D eigenvalue weighted by molar-refractivity contribution is 6.74. The van der Waals surface area contributed by atoms with Crippen LogP contribution in [0.1, 0.15) is 51.8 Å². The van der Waals surface area contributed by atoms with E-state index >= 15 is 0 Å². The molecule has 4 nitrogen and oxygen atoms in total. The molecule has 1 aromatic heterocycles. The molecule has 0 amide bonds. The van der Waals surface area contributed by atoms with Gasteiger partial charge in [0.15, 0.2) is 13.7 Å². The first-order chi connectivity index (χ1) is 15.0. The van der Waals surface area contributed by atoms with Crippen molar-refractivity contribution in [2.45, 2.75) is 65.1 Å². The van der Waals surface area contributed by atoms with E-state index in [0.717, 1.165) is 25.9 Å². The van der Waals surface area contributed by atoms with Gasteiger partial charge in [0.2, 0.25) is 0 Å². The fourth-order valence-electron chi connectivity index (χ4n) is 3.59. The number of para-hydroxylation sites is 2. The molecule has 0 aliphatic rings. The highest BCUT2D eigenvalue weighted by Gasteiger charge is 2.36. The third-order valence-electron chi connectivity index (χ3n) is 6.64. The molecule has 0 aliphatic heterocycles. The summed E-state index contributed by atoms with van der Waals surface area (Å²) in [4.78, 5) is 26.3. The highest BCUT2D eigenvalue weighted by Crippen LogP contribution is 2.36.